The summed E-state index contributed by atoms with van der Waals surface area (Å²) < 4.78 is 42.0. The number of ether oxygens (including phenoxy) is 1. The summed E-state index contributed by atoms with van der Waals surface area (Å²) >= 11 is 0. The predicted molar refractivity (Wildman–Crippen MR) is 77.9 cm³/mol. The van der Waals surface area contributed by atoms with Gasteiger partial charge in [0.05, 0.1) is 6.54 Å². The quantitative estimate of drug-likeness (QED) is 0.849. The molecule has 0 radical (unpaired) electrons. The number of piperazine rings is 1. The van der Waals surface area contributed by atoms with Gasteiger partial charge in [0.25, 0.3) is 0 Å². The van der Waals surface area contributed by atoms with Gasteiger partial charge in [0, 0.05) is 26.2 Å². The second-order valence-corrected chi connectivity index (χ2v) is 6.58. The third-order valence-electron chi connectivity index (χ3n) is 3.19. The van der Waals surface area contributed by atoms with Gasteiger partial charge in [0.1, 0.15) is 11.6 Å². The summed E-state index contributed by atoms with van der Waals surface area (Å²) in [5.74, 6) is -0.331. The van der Waals surface area contributed by atoms with Gasteiger partial charge in [0.15, 0.2) is 0 Å². The molecule has 23 heavy (non-hydrogen) atoms. The van der Waals surface area contributed by atoms with E-state index in [2.05, 4.69) is 5.32 Å². The van der Waals surface area contributed by atoms with Gasteiger partial charge in [-0.05, 0) is 27.7 Å². The molecule has 134 valence electrons. The van der Waals surface area contributed by atoms with Crippen molar-refractivity contribution in [2.24, 2.45) is 0 Å². The fraction of sp³-hybridized carbons (Fsp3) is 0.857. The molecule has 1 fully saturated rings. The van der Waals surface area contributed by atoms with Gasteiger partial charge in [-0.1, -0.05) is 0 Å². The molecule has 0 aromatic carbocycles. The second kappa shape index (κ2) is 7.37. The van der Waals surface area contributed by atoms with Gasteiger partial charge >= 0.3 is 12.3 Å². The van der Waals surface area contributed by atoms with Crippen molar-refractivity contribution in [3.63, 3.8) is 0 Å². The van der Waals surface area contributed by atoms with E-state index < -0.39 is 30.5 Å². The van der Waals surface area contributed by atoms with Crippen LogP contribution in [0.4, 0.5) is 18.0 Å². The molecular weight excluding hydrogens is 315 g/mol. The number of alkyl carbamates (subject to hydrolysis) is 1. The Morgan fingerprint density at radius 3 is 2.09 bits per heavy atom. The fourth-order valence-corrected chi connectivity index (χ4v) is 2.20. The Hall–Kier alpha value is -1.51. The lowest BCUT2D eigenvalue weighted by atomic mass is 10.2. The van der Waals surface area contributed by atoms with Crippen LogP contribution in [0.25, 0.3) is 0 Å². The molecule has 1 aliphatic rings. The zero-order valence-corrected chi connectivity index (χ0v) is 13.9. The van der Waals surface area contributed by atoms with Crippen LogP contribution in [-0.2, 0) is 9.53 Å². The van der Waals surface area contributed by atoms with E-state index in [1.54, 1.807) is 20.8 Å². The van der Waals surface area contributed by atoms with Crippen molar-refractivity contribution in [1.29, 1.82) is 0 Å². The van der Waals surface area contributed by atoms with Gasteiger partial charge < -0.3 is 15.0 Å². The van der Waals surface area contributed by atoms with E-state index in [1.807, 2.05) is 0 Å². The third kappa shape index (κ3) is 7.54. The summed E-state index contributed by atoms with van der Waals surface area (Å²) in [5.41, 5.74) is -0.671. The summed E-state index contributed by atoms with van der Waals surface area (Å²) in [6.07, 6.45) is -4.94. The van der Waals surface area contributed by atoms with Crippen LogP contribution in [-0.4, -0.2) is 72.3 Å². The van der Waals surface area contributed by atoms with Crippen LogP contribution in [0.5, 0.6) is 0 Å². The average Bonchev–Trinajstić information content (AvgIpc) is 2.34. The van der Waals surface area contributed by atoms with E-state index >= 15 is 0 Å². The van der Waals surface area contributed by atoms with Crippen LogP contribution >= 0.6 is 0 Å². The molecule has 1 N–H and O–H groups in total. The summed E-state index contributed by atoms with van der Waals surface area (Å²) in [4.78, 5) is 26.5. The maximum Gasteiger partial charge on any atom is 0.408 e. The van der Waals surface area contributed by atoms with Gasteiger partial charge in [-0.15, -0.1) is 0 Å². The van der Waals surface area contributed by atoms with Crippen LogP contribution in [0.2, 0.25) is 0 Å². The lowest BCUT2D eigenvalue weighted by Gasteiger charge is -2.36. The Morgan fingerprint density at radius 2 is 1.65 bits per heavy atom. The predicted octanol–water partition coefficient (Wildman–Crippen LogP) is 1.61. The molecule has 1 aliphatic heterocycles. The van der Waals surface area contributed by atoms with Gasteiger partial charge in [-0.3, -0.25) is 9.69 Å². The van der Waals surface area contributed by atoms with Crippen LogP contribution in [0.15, 0.2) is 0 Å². The topological polar surface area (TPSA) is 61.9 Å². The Balaban J connectivity index is 2.42. The second-order valence-electron chi connectivity index (χ2n) is 6.58. The van der Waals surface area contributed by atoms with E-state index in [4.69, 9.17) is 4.74 Å². The van der Waals surface area contributed by atoms with Crippen molar-refractivity contribution in [2.75, 3.05) is 32.7 Å². The number of hydrogen-bond acceptors (Lipinski definition) is 4. The molecular formula is C14H24F3N3O3. The van der Waals surface area contributed by atoms with Gasteiger partial charge in [0.2, 0.25) is 5.91 Å². The minimum atomic E-state index is -4.24. The molecule has 0 unspecified atom stereocenters. The van der Waals surface area contributed by atoms with E-state index in [9.17, 15) is 22.8 Å². The number of halogens is 3. The molecule has 0 aliphatic carbocycles. The number of nitrogens with one attached hydrogen (secondary N) is 1. The molecule has 6 nitrogen and oxygen atoms in total. The monoisotopic (exact) mass is 339 g/mol. The highest BCUT2D eigenvalue weighted by Gasteiger charge is 2.33. The SMILES string of the molecule is C[C@@H](NC(=O)OC(C)(C)C)C(=O)N1CCN(CC(F)(F)F)CC1. The molecule has 9 heteroatoms. The van der Waals surface area contributed by atoms with Crippen molar-refractivity contribution >= 4 is 12.0 Å². The molecule has 0 aromatic rings. The molecule has 0 bridgehead atoms. The number of carbonyl (C=O) groups is 2. The lowest BCUT2D eigenvalue weighted by Crippen LogP contribution is -2.55. The number of carbonyl (C=O) groups excluding carboxylic acids is 2. The summed E-state index contributed by atoms with van der Waals surface area (Å²) in [6.45, 7) is 6.39. The Morgan fingerprint density at radius 1 is 1.13 bits per heavy atom. The Bertz CT molecular complexity index is 427. The molecule has 0 spiro atoms. The highest BCUT2D eigenvalue weighted by atomic mass is 19.4. The van der Waals surface area contributed by atoms with Crippen LogP contribution in [0, 0.1) is 0 Å². The third-order valence-corrected chi connectivity index (χ3v) is 3.19. The van der Waals surface area contributed by atoms with Crippen LogP contribution in [0.3, 0.4) is 0 Å². The average molecular weight is 339 g/mol. The van der Waals surface area contributed by atoms with E-state index in [1.165, 1.54) is 16.7 Å². The lowest BCUT2D eigenvalue weighted by molar-refractivity contribution is -0.152. The maximum atomic E-state index is 12.3. The zero-order chi connectivity index (χ0) is 17.8. The highest BCUT2D eigenvalue weighted by molar-refractivity contribution is 5.85. The van der Waals surface area contributed by atoms with Crippen molar-refractivity contribution < 1.29 is 27.5 Å². The van der Waals surface area contributed by atoms with Crippen molar-refractivity contribution in [1.82, 2.24) is 15.1 Å². The molecule has 2 amide bonds. The zero-order valence-electron chi connectivity index (χ0n) is 13.9. The highest BCUT2D eigenvalue weighted by Crippen LogP contribution is 2.17. The number of amides is 2. The van der Waals surface area contributed by atoms with E-state index in [0.717, 1.165) is 0 Å². The molecule has 1 saturated heterocycles. The molecule has 0 aromatic heterocycles. The molecule has 0 saturated carbocycles. The molecule has 1 heterocycles. The van der Waals surface area contributed by atoms with Crippen molar-refractivity contribution in [3.8, 4) is 0 Å². The number of alkyl halides is 3. The fourth-order valence-electron chi connectivity index (χ4n) is 2.20. The smallest absolute Gasteiger partial charge is 0.408 e. The standard InChI is InChI=1S/C14H24F3N3O3/c1-10(18-12(22)23-13(2,3)4)11(21)20-7-5-19(6-8-20)9-14(15,16)17/h10H,5-9H2,1-4H3,(H,18,22)/t10-/m1/s1. The number of nitrogens with zero attached hydrogens (tertiary/aromatic N) is 2. The van der Waals surface area contributed by atoms with Crippen LogP contribution in [0.1, 0.15) is 27.7 Å². The largest absolute Gasteiger partial charge is 0.444 e. The summed E-state index contributed by atoms with van der Waals surface area (Å²) in [6, 6.07) is -0.793. The van der Waals surface area contributed by atoms with Crippen LogP contribution < -0.4 is 5.32 Å². The first-order valence-electron chi connectivity index (χ1n) is 7.45. The first-order chi connectivity index (χ1) is 10.4. The van der Waals surface area contributed by atoms with Crippen molar-refractivity contribution in [3.05, 3.63) is 0 Å². The minimum absolute atomic E-state index is 0.157. The maximum absolute atomic E-state index is 12.3. The summed E-state index contributed by atoms with van der Waals surface area (Å²) in [7, 11) is 0. The Kier molecular flexibility index (Phi) is 6.26. The summed E-state index contributed by atoms with van der Waals surface area (Å²) in [5, 5.41) is 2.44. The minimum Gasteiger partial charge on any atom is -0.444 e. The molecule has 1 atom stereocenters. The van der Waals surface area contributed by atoms with Gasteiger partial charge in [-0.25, -0.2) is 4.79 Å². The van der Waals surface area contributed by atoms with Gasteiger partial charge in [-0.2, -0.15) is 13.2 Å². The molecule has 1 rings (SSSR count). The Labute approximate surface area is 133 Å². The first kappa shape index (κ1) is 19.5. The first-order valence-corrected chi connectivity index (χ1v) is 7.45. The van der Waals surface area contributed by atoms with E-state index in [0.29, 0.717) is 0 Å². The van der Waals surface area contributed by atoms with Crippen molar-refractivity contribution in [2.45, 2.75) is 45.5 Å². The number of rotatable bonds is 3. The number of hydrogen-bond donors (Lipinski definition) is 1. The van der Waals surface area contributed by atoms with E-state index in [-0.39, 0.29) is 32.1 Å². The normalized spacial score (nSPS) is 18.5.